The molecule has 0 unspecified atom stereocenters. The van der Waals surface area contributed by atoms with Crippen molar-refractivity contribution in [3.63, 3.8) is 0 Å². The normalized spacial score (nSPS) is 24.0. The Morgan fingerprint density at radius 2 is 2.07 bits per heavy atom. The highest BCUT2D eigenvalue weighted by molar-refractivity contribution is 4.88. The first-order valence-electron chi connectivity index (χ1n) is 5.89. The van der Waals surface area contributed by atoms with Crippen molar-refractivity contribution >= 4 is 0 Å². The van der Waals surface area contributed by atoms with Gasteiger partial charge in [-0.3, -0.25) is 9.80 Å². The van der Waals surface area contributed by atoms with Crippen LogP contribution in [0.2, 0.25) is 0 Å². The Morgan fingerprint density at radius 3 is 2.53 bits per heavy atom. The fourth-order valence-electron chi connectivity index (χ4n) is 2.13. The van der Waals surface area contributed by atoms with Crippen LogP contribution in [0.5, 0.6) is 0 Å². The van der Waals surface area contributed by atoms with Gasteiger partial charge in [0.05, 0.1) is 6.61 Å². The van der Waals surface area contributed by atoms with E-state index in [2.05, 4.69) is 37.6 Å². The van der Waals surface area contributed by atoms with Crippen molar-refractivity contribution < 1.29 is 4.74 Å². The van der Waals surface area contributed by atoms with Gasteiger partial charge in [-0.1, -0.05) is 0 Å². The number of ether oxygens (including phenoxy) is 1. The highest BCUT2D eigenvalue weighted by Crippen LogP contribution is 2.22. The van der Waals surface area contributed by atoms with Gasteiger partial charge < -0.3 is 4.74 Å². The minimum Gasteiger partial charge on any atom is -0.383 e. The van der Waals surface area contributed by atoms with E-state index < -0.39 is 0 Å². The van der Waals surface area contributed by atoms with E-state index in [4.69, 9.17) is 4.74 Å². The smallest absolute Gasteiger partial charge is 0.0589 e. The van der Waals surface area contributed by atoms with Gasteiger partial charge in [0, 0.05) is 38.3 Å². The molecule has 0 aromatic heterocycles. The first-order valence-corrected chi connectivity index (χ1v) is 5.89. The van der Waals surface area contributed by atoms with Crippen molar-refractivity contribution in [1.29, 1.82) is 0 Å². The standard InChI is InChI=1S/C12H26N2O/c1-12(2,3)14-7-6-11(10-14)13(4)8-9-15-5/h11H,6-10H2,1-5H3/t11-/m0/s1. The SMILES string of the molecule is COCCN(C)[C@H]1CCN(C(C)(C)C)C1. The largest absolute Gasteiger partial charge is 0.383 e. The van der Waals surface area contributed by atoms with E-state index in [1.165, 1.54) is 19.5 Å². The number of hydrogen-bond donors (Lipinski definition) is 0. The number of nitrogens with zero attached hydrogens (tertiary/aromatic N) is 2. The van der Waals surface area contributed by atoms with Crippen molar-refractivity contribution in [3.05, 3.63) is 0 Å². The van der Waals surface area contributed by atoms with Gasteiger partial charge in [-0.15, -0.1) is 0 Å². The van der Waals surface area contributed by atoms with E-state index in [1.807, 2.05) is 0 Å². The zero-order chi connectivity index (χ0) is 11.5. The maximum absolute atomic E-state index is 5.11. The van der Waals surface area contributed by atoms with E-state index in [0.717, 1.165) is 13.2 Å². The van der Waals surface area contributed by atoms with Gasteiger partial charge in [0.2, 0.25) is 0 Å². The molecule has 0 aliphatic carbocycles. The molecule has 1 saturated heterocycles. The predicted molar refractivity (Wildman–Crippen MR) is 64.2 cm³/mol. The van der Waals surface area contributed by atoms with E-state index in [1.54, 1.807) is 7.11 Å². The molecule has 1 fully saturated rings. The summed E-state index contributed by atoms with van der Waals surface area (Å²) < 4.78 is 5.11. The Hall–Kier alpha value is -0.120. The molecule has 0 aromatic rings. The van der Waals surface area contributed by atoms with Crippen LogP contribution in [0.15, 0.2) is 0 Å². The lowest BCUT2D eigenvalue weighted by Gasteiger charge is -2.32. The van der Waals surface area contributed by atoms with Gasteiger partial charge >= 0.3 is 0 Å². The minimum atomic E-state index is 0.316. The Kier molecular flexibility index (Phi) is 4.56. The highest BCUT2D eigenvalue weighted by Gasteiger charge is 2.31. The van der Waals surface area contributed by atoms with Crippen LogP contribution in [0.3, 0.4) is 0 Å². The molecule has 0 aromatic carbocycles. The molecule has 90 valence electrons. The molecule has 0 spiro atoms. The van der Waals surface area contributed by atoms with Gasteiger partial charge in [-0.25, -0.2) is 0 Å². The second kappa shape index (κ2) is 5.28. The molecule has 1 aliphatic rings. The maximum Gasteiger partial charge on any atom is 0.0589 e. The molecule has 3 heteroatoms. The van der Waals surface area contributed by atoms with Gasteiger partial charge in [0.1, 0.15) is 0 Å². The van der Waals surface area contributed by atoms with Crippen LogP contribution in [0.1, 0.15) is 27.2 Å². The summed E-state index contributed by atoms with van der Waals surface area (Å²) in [6, 6.07) is 0.708. The van der Waals surface area contributed by atoms with Crippen LogP contribution >= 0.6 is 0 Å². The summed E-state index contributed by atoms with van der Waals surface area (Å²) in [7, 11) is 3.97. The molecule has 15 heavy (non-hydrogen) atoms. The zero-order valence-corrected chi connectivity index (χ0v) is 10.9. The van der Waals surface area contributed by atoms with Gasteiger partial charge in [0.15, 0.2) is 0 Å². The zero-order valence-electron chi connectivity index (χ0n) is 10.9. The van der Waals surface area contributed by atoms with Crippen LogP contribution in [0.25, 0.3) is 0 Å². The summed E-state index contributed by atoms with van der Waals surface area (Å²) in [6.07, 6.45) is 1.29. The average Bonchev–Trinajstić information content (AvgIpc) is 2.62. The van der Waals surface area contributed by atoms with Crippen molar-refractivity contribution in [3.8, 4) is 0 Å². The molecule has 1 aliphatic heterocycles. The topological polar surface area (TPSA) is 15.7 Å². The summed E-state index contributed by atoms with van der Waals surface area (Å²) in [4.78, 5) is 5.00. The fraction of sp³-hybridized carbons (Fsp3) is 1.00. The number of hydrogen-bond acceptors (Lipinski definition) is 3. The Labute approximate surface area is 94.4 Å². The van der Waals surface area contributed by atoms with Crippen molar-refractivity contribution in [2.75, 3.05) is 40.4 Å². The Balaban J connectivity index is 2.35. The van der Waals surface area contributed by atoms with Crippen LogP contribution in [0, 0.1) is 0 Å². The third-order valence-corrected chi connectivity index (χ3v) is 3.38. The van der Waals surface area contributed by atoms with Crippen LogP contribution in [0.4, 0.5) is 0 Å². The molecule has 1 rings (SSSR count). The summed E-state index contributed by atoms with van der Waals surface area (Å²) in [6.45, 7) is 11.2. The molecule has 0 radical (unpaired) electrons. The lowest BCUT2D eigenvalue weighted by Crippen LogP contribution is -2.43. The minimum absolute atomic E-state index is 0.316. The molecule has 3 nitrogen and oxygen atoms in total. The number of rotatable bonds is 4. The third-order valence-electron chi connectivity index (χ3n) is 3.38. The Morgan fingerprint density at radius 1 is 1.40 bits per heavy atom. The lowest BCUT2D eigenvalue weighted by molar-refractivity contribution is 0.125. The Bertz CT molecular complexity index is 189. The second-order valence-corrected chi connectivity index (χ2v) is 5.53. The second-order valence-electron chi connectivity index (χ2n) is 5.53. The van der Waals surface area contributed by atoms with E-state index in [9.17, 15) is 0 Å². The van der Waals surface area contributed by atoms with E-state index in [-0.39, 0.29) is 0 Å². The number of likely N-dealkylation sites (tertiary alicyclic amines) is 1. The summed E-state index contributed by atoms with van der Waals surface area (Å²) in [5, 5.41) is 0. The monoisotopic (exact) mass is 214 g/mol. The van der Waals surface area contributed by atoms with Crippen LogP contribution in [-0.4, -0.2) is 61.8 Å². The molecule has 1 atom stereocenters. The number of methoxy groups -OCH3 is 1. The molecular weight excluding hydrogens is 188 g/mol. The summed E-state index contributed by atoms with van der Waals surface area (Å²) in [5.41, 5.74) is 0.316. The highest BCUT2D eigenvalue weighted by atomic mass is 16.5. The van der Waals surface area contributed by atoms with Gasteiger partial charge in [-0.05, 0) is 34.2 Å². The first kappa shape index (κ1) is 12.9. The third kappa shape index (κ3) is 3.74. The summed E-state index contributed by atoms with van der Waals surface area (Å²) in [5.74, 6) is 0. The van der Waals surface area contributed by atoms with Gasteiger partial charge in [-0.2, -0.15) is 0 Å². The molecule has 0 bridgehead atoms. The van der Waals surface area contributed by atoms with Crippen molar-refractivity contribution in [2.24, 2.45) is 0 Å². The fourth-order valence-corrected chi connectivity index (χ4v) is 2.13. The molecule has 0 amide bonds. The van der Waals surface area contributed by atoms with E-state index >= 15 is 0 Å². The van der Waals surface area contributed by atoms with Gasteiger partial charge in [0.25, 0.3) is 0 Å². The molecule has 1 heterocycles. The van der Waals surface area contributed by atoms with Crippen LogP contribution in [-0.2, 0) is 4.74 Å². The summed E-state index contributed by atoms with van der Waals surface area (Å²) >= 11 is 0. The van der Waals surface area contributed by atoms with Crippen molar-refractivity contribution in [1.82, 2.24) is 9.80 Å². The predicted octanol–water partition coefficient (Wildman–Crippen LogP) is 1.44. The number of likely N-dealkylation sites (N-methyl/N-ethyl adjacent to an activating group) is 1. The quantitative estimate of drug-likeness (QED) is 0.704. The maximum atomic E-state index is 5.11. The first-order chi connectivity index (χ1) is 6.95. The lowest BCUT2D eigenvalue weighted by atomic mass is 10.1. The molecule has 0 N–H and O–H groups in total. The van der Waals surface area contributed by atoms with Crippen LogP contribution < -0.4 is 0 Å². The van der Waals surface area contributed by atoms with E-state index in [0.29, 0.717) is 11.6 Å². The average molecular weight is 214 g/mol. The molecular formula is C12H26N2O. The molecule has 0 saturated carbocycles. The van der Waals surface area contributed by atoms with Crippen molar-refractivity contribution in [2.45, 2.75) is 38.8 Å².